The van der Waals surface area contributed by atoms with Crippen molar-refractivity contribution in [3.05, 3.63) is 24.0 Å². The van der Waals surface area contributed by atoms with Crippen molar-refractivity contribution in [2.24, 2.45) is 11.3 Å². The maximum atomic E-state index is 5.88. The Kier molecular flexibility index (Phi) is 2.63. The van der Waals surface area contributed by atoms with Gasteiger partial charge in [-0.2, -0.15) is 0 Å². The summed E-state index contributed by atoms with van der Waals surface area (Å²) in [6.45, 7) is 2.25. The number of hydrogen-bond donors (Lipinski definition) is 3. The van der Waals surface area contributed by atoms with Gasteiger partial charge in [0, 0.05) is 24.1 Å². The van der Waals surface area contributed by atoms with Crippen LogP contribution < -0.4 is 17.0 Å². The van der Waals surface area contributed by atoms with Gasteiger partial charge in [-0.1, -0.05) is 6.92 Å². The molecule has 0 radical (unpaired) electrons. The van der Waals surface area contributed by atoms with Crippen molar-refractivity contribution in [1.29, 1.82) is 0 Å². The molecular formula is C11H18N4. The lowest BCUT2D eigenvalue weighted by molar-refractivity contribution is 0.359. The third-order valence-electron chi connectivity index (χ3n) is 3.45. The van der Waals surface area contributed by atoms with Crippen LogP contribution in [-0.4, -0.2) is 11.0 Å². The molecule has 82 valence electrons. The fourth-order valence-corrected chi connectivity index (χ4v) is 1.88. The molecule has 0 aliphatic heterocycles. The molecule has 1 aliphatic rings. The number of nitrogen functional groups attached to an aromatic ring is 1. The summed E-state index contributed by atoms with van der Waals surface area (Å²) in [6, 6.07) is 2.13. The molecule has 2 rings (SSSR count). The van der Waals surface area contributed by atoms with Crippen LogP contribution in [0.15, 0.2) is 18.5 Å². The molecule has 1 heterocycles. The molecule has 4 heteroatoms. The summed E-state index contributed by atoms with van der Waals surface area (Å²) in [6.07, 6.45) is 6.87. The molecule has 4 nitrogen and oxygen atoms in total. The van der Waals surface area contributed by atoms with Crippen LogP contribution in [0.4, 0.5) is 5.69 Å². The number of nitrogens with one attached hydrogen (secondary N) is 1. The van der Waals surface area contributed by atoms with E-state index in [0.29, 0.717) is 11.5 Å². The minimum Gasteiger partial charge on any atom is -0.398 e. The zero-order valence-corrected chi connectivity index (χ0v) is 9.03. The first-order valence-electron chi connectivity index (χ1n) is 5.30. The van der Waals surface area contributed by atoms with Crippen LogP contribution in [-0.2, 0) is 6.42 Å². The Bertz CT molecular complexity index is 346. The van der Waals surface area contributed by atoms with Gasteiger partial charge >= 0.3 is 0 Å². The largest absolute Gasteiger partial charge is 0.398 e. The third-order valence-corrected chi connectivity index (χ3v) is 3.45. The monoisotopic (exact) mass is 206 g/mol. The molecule has 5 N–H and O–H groups in total. The second-order valence-electron chi connectivity index (χ2n) is 4.65. The van der Waals surface area contributed by atoms with Gasteiger partial charge in [-0.3, -0.25) is 16.3 Å². The van der Waals surface area contributed by atoms with Gasteiger partial charge in [-0.05, 0) is 36.3 Å². The van der Waals surface area contributed by atoms with E-state index in [4.69, 9.17) is 11.6 Å². The standard InChI is InChI=1S/C11H18N4/c1-11(3-4-11)10(15-13)6-8-7-14-5-2-9(8)12/h2,5,7,10,15H,3-4,6,13H2,1H3,(H2,12,14). The predicted molar refractivity (Wildman–Crippen MR) is 60.8 cm³/mol. The van der Waals surface area contributed by atoms with E-state index in [1.807, 2.05) is 12.3 Å². The van der Waals surface area contributed by atoms with E-state index in [9.17, 15) is 0 Å². The van der Waals surface area contributed by atoms with E-state index in [1.54, 1.807) is 6.20 Å². The summed E-state index contributed by atoms with van der Waals surface area (Å²) in [4.78, 5) is 4.09. The van der Waals surface area contributed by atoms with Crippen molar-refractivity contribution in [2.75, 3.05) is 5.73 Å². The van der Waals surface area contributed by atoms with E-state index >= 15 is 0 Å². The van der Waals surface area contributed by atoms with Gasteiger partial charge in [0.25, 0.3) is 0 Å². The highest BCUT2D eigenvalue weighted by molar-refractivity contribution is 5.44. The highest BCUT2D eigenvalue weighted by atomic mass is 15.2. The summed E-state index contributed by atoms with van der Waals surface area (Å²) in [5, 5.41) is 0. The summed E-state index contributed by atoms with van der Waals surface area (Å²) in [7, 11) is 0. The predicted octanol–water partition coefficient (Wildman–Crippen LogP) is 0.838. The third kappa shape index (κ3) is 2.11. The van der Waals surface area contributed by atoms with Crippen LogP contribution in [0.2, 0.25) is 0 Å². The molecule has 1 unspecified atom stereocenters. The SMILES string of the molecule is CC1(C(Cc2cnccc2N)NN)CC1. The van der Waals surface area contributed by atoms with Crippen LogP contribution in [0, 0.1) is 5.41 Å². The molecule has 0 aromatic carbocycles. The molecule has 0 saturated heterocycles. The van der Waals surface area contributed by atoms with E-state index in [0.717, 1.165) is 17.7 Å². The number of aromatic nitrogens is 1. The second-order valence-corrected chi connectivity index (χ2v) is 4.65. The van der Waals surface area contributed by atoms with Gasteiger partial charge < -0.3 is 5.73 Å². The average Bonchev–Trinajstić information content (AvgIpc) is 2.96. The fraction of sp³-hybridized carbons (Fsp3) is 0.545. The molecule has 0 spiro atoms. The van der Waals surface area contributed by atoms with Crippen molar-refractivity contribution in [1.82, 2.24) is 10.4 Å². The van der Waals surface area contributed by atoms with Crippen LogP contribution in [0.1, 0.15) is 25.3 Å². The van der Waals surface area contributed by atoms with Crippen LogP contribution in [0.3, 0.4) is 0 Å². The van der Waals surface area contributed by atoms with Crippen LogP contribution >= 0.6 is 0 Å². The van der Waals surface area contributed by atoms with E-state index < -0.39 is 0 Å². The summed E-state index contributed by atoms with van der Waals surface area (Å²) in [5.41, 5.74) is 11.0. The average molecular weight is 206 g/mol. The zero-order chi connectivity index (χ0) is 10.9. The topological polar surface area (TPSA) is 77.0 Å². The Labute approximate surface area is 90.0 Å². The number of anilines is 1. The normalized spacial score (nSPS) is 19.9. The molecule has 15 heavy (non-hydrogen) atoms. The number of hydrogen-bond acceptors (Lipinski definition) is 4. The highest BCUT2D eigenvalue weighted by Gasteiger charge is 2.44. The Morgan fingerprint density at radius 3 is 2.87 bits per heavy atom. The van der Waals surface area contributed by atoms with Crippen LogP contribution in [0.25, 0.3) is 0 Å². The lowest BCUT2D eigenvalue weighted by atomic mass is 9.93. The lowest BCUT2D eigenvalue weighted by Gasteiger charge is -2.23. The molecule has 1 aromatic heterocycles. The van der Waals surface area contributed by atoms with Crippen molar-refractivity contribution in [3.8, 4) is 0 Å². The first kappa shape index (κ1) is 10.4. The van der Waals surface area contributed by atoms with Crippen molar-refractivity contribution >= 4 is 5.69 Å². The molecule has 1 saturated carbocycles. The maximum absolute atomic E-state index is 5.88. The van der Waals surface area contributed by atoms with Crippen LogP contribution in [0.5, 0.6) is 0 Å². The zero-order valence-electron chi connectivity index (χ0n) is 9.03. The molecular weight excluding hydrogens is 188 g/mol. The summed E-state index contributed by atoms with van der Waals surface area (Å²) >= 11 is 0. The number of rotatable bonds is 4. The highest BCUT2D eigenvalue weighted by Crippen LogP contribution is 2.48. The Balaban J connectivity index is 2.10. The number of pyridine rings is 1. The van der Waals surface area contributed by atoms with Gasteiger partial charge in [0.1, 0.15) is 0 Å². The number of hydrazine groups is 1. The summed E-state index contributed by atoms with van der Waals surface area (Å²) < 4.78 is 0. The second kappa shape index (κ2) is 3.79. The van der Waals surface area contributed by atoms with Gasteiger partial charge in [0.15, 0.2) is 0 Å². The Morgan fingerprint density at radius 2 is 2.33 bits per heavy atom. The van der Waals surface area contributed by atoms with Crippen molar-refractivity contribution < 1.29 is 0 Å². The first-order chi connectivity index (χ1) is 7.15. The first-order valence-corrected chi connectivity index (χ1v) is 5.30. The number of nitrogens with two attached hydrogens (primary N) is 2. The van der Waals surface area contributed by atoms with Gasteiger partial charge in [0.2, 0.25) is 0 Å². The Hall–Kier alpha value is -1.13. The van der Waals surface area contributed by atoms with Gasteiger partial charge in [-0.15, -0.1) is 0 Å². The minimum absolute atomic E-state index is 0.295. The Morgan fingerprint density at radius 1 is 1.60 bits per heavy atom. The van der Waals surface area contributed by atoms with E-state index in [1.165, 1.54) is 12.8 Å². The maximum Gasteiger partial charge on any atom is 0.0378 e. The summed E-state index contributed by atoms with van der Waals surface area (Å²) in [5.74, 6) is 5.59. The smallest absolute Gasteiger partial charge is 0.0378 e. The van der Waals surface area contributed by atoms with E-state index in [-0.39, 0.29) is 0 Å². The molecule has 1 atom stereocenters. The molecule has 0 bridgehead atoms. The minimum atomic E-state index is 0.295. The van der Waals surface area contributed by atoms with Gasteiger partial charge in [0.05, 0.1) is 0 Å². The molecule has 1 fully saturated rings. The van der Waals surface area contributed by atoms with Gasteiger partial charge in [-0.25, -0.2) is 0 Å². The van der Waals surface area contributed by atoms with Crippen molar-refractivity contribution in [2.45, 2.75) is 32.2 Å². The molecule has 1 aromatic rings. The van der Waals surface area contributed by atoms with E-state index in [2.05, 4.69) is 17.3 Å². The number of nitrogens with zero attached hydrogens (tertiary/aromatic N) is 1. The van der Waals surface area contributed by atoms with Crippen molar-refractivity contribution in [3.63, 3.8) is 0 Å². The lowest BCUT2D eigenvalue weighted by Crippen LogP contribution is -2.42. The quantitative estimate of drug-likeness (QED) is 0.504. The molecule has 0 amide bonds. The molecule has 1 aliphatic carbocycles. The fourth-order valence-electron chi connectivity index (χ4n) is 1.88.